The van der Waals surface area contributed by atoms with Crippen LogP contribution in [0.1, 0.15) is 56.6 Å². The van der Waals surface area contributed by atoms with Crippen LogP contribution in [-0.4, -0.2) is 6.04 Å². The molecule has 1 aromatic rings. The standard InChI is InChI=1S/C20H29N/c1-2-14-3-5-15(6-4-14)10-19(21)20-11-16-7-17(12-20)9-18(8-16)13-20/h3-6,16-19H,2,7-13,21H2,1H3. The third-order valence-corrected chi connectivity index (χ3v) is 6.76. The van der Waals surface area contributed by atoms with Crippen molar-refractivity contribution in [2.75, 3.05) is 0 Å². The van der Waals surface area contributed by atoms with E-state index in [-0.39, 0.29) is 0 Å². The quantitative estimate of drug-likeness (QED) is 0.874. The van der Waals surface area contributed by atoms with Crippen molar-refractivity contribution in [2.24, 2.45) is 28.9 Å². The van der Waals surface area contributed by atoms with Crippen molar-refractivity contribution < 1.29 is 0 Å². The SMILES string of the molecule is CCc1ccc(CC(N)C23CC4CC(CC(C4)C2)C3)cc1. The van der Waals surface area contributed by atoms with Gasteiger partial charge in [-0.3, -0.25) is 0 Å². The molecule has 0 radical (unpaired) electrons. The van der Waals surface area contributed by atoms with E-state index in [0.29, 0.717) is 11.5 Å². The van der Waals surface area contributed by atoms with Crippen LogP contribution >= 0.6 is 0 Å². The highest BCUT2D eigenvalue weighted by molar-refractivity contribution is 5.24. The van der Waals surface area contributed by atoms with Gasteiger partial charge in [0, 0.05) is 6.04 Å². The first-order valence-corrected chi connectivity index (χ1v) is 9.00. The molecule has 21 heavy (non-hydrogen) atoms. The lowest BCUT2D eigenvalue weighted by Crippen LogP contribution is -2.55. The predicted molar refractivity (Wildman–Crippen MR) is 88.1 cm³/mol. The van der Waals surface area contributed by atoms with Gasteiger partial charge < -0.3 is 5.73 Å². The molecule has 4 bridgehead atoms. The minimum absolute atomic E-state index is 0.373. The van der Waals surface area contributed by atoms with Crippen LogP contribution in [0.4, 0.5) is 0 Å². The third-order valence-electron chi connectivity index (χ3n) is 6.76. The van der Waals surface area contributed by atoms with E-state index in [2.05, 4.69) is 31.2 Å². The van der Waals surface area contributed by atoms with Crippen LogP contribution in [0.3, 0.4) is 0 Å². The first-order chi connectivity index (χ1) is 10.2. The van der Waals surface area contributed by atoms with Crippen molar-refractivity contribution in [2.45, 2.75) is 64.3 Å². The van der Waals surface area contributed by atoms with Crippen LogP contribution in [-0.2, 0) is 12.8 Å². The summed E-state index contributed by atoms with van der Waals surface area (Å²) < 4.78 is 0. The fraction of sp³-hybridized carbons (Fsp3) is 0.700. The second-order valence-corrected chi connectivity index (χ2v) is 8.26. The Hall–Kier alpha value is -0.820. The number of hydrogen-bond donors (Lipinski definition) is 1. The van der Waals surface area contributed by atoms with E-state index in [0.717, 1.165) is 30.6 Å². The molecule has 1 nitrogen and oxygen atoms in total. The molecule has 1 atom stereocenters. The maximum Gasteiger partial charge on any atom is 0.0136 e. The minimum atomic E-state index is 0.373. The van der Waals surface area contributed by atoms with E-state index in [1.807, 2.05) is 0 Å². The van der Waals surface area contributed by atoms with Crippen LogP contribution in [0.15, 0.2) is 24.3 Å². The fourth-order valence-corrected chi connectivity index (χ4v) is 6.01. The molecule has 114 valence electrons. The molecule has 0 aliphatic heterocycles. The highest BCUT2D eigenvalue weighted by Crippen LogP contribution is 2.61. The van der Waals surface area contributed by atoms with Crippen molar-refractivity contribution >= 4 is 0 Å². The lowest BCUT2D eigenvalue weighted by molar-refractivity contribution is -0.0667. The number of benzene rings is 1. The van der Waals surface area contributed by atoms with Gasteiger partial charge in [0.05, 0.1) is 0 Å². The lowest BCUT2D eigenvalue weighted by atomic mass is 9.47. The molecule has 2 N–H and O–H groups in total. The molecule has 4 aliphatic rings. The van der Waals surface area contributed by atoms with E-state index >= 15 is 0 Å². The molecule has 0 aromatic heterocycles. The summed E-state index contributed by atoms with van der Waals surface area (Å²) in [6.07, 6.45) is 11.0. The smallest absolute Gasteiger partial charge is 0.0136 e. The van der Waals surface area contributed by atoms with E-state index in [9.17, 15) is 0 Å². The zero-order valence-corrected chi connectivity index (χ0v) is 13.4. The summed E-state index contributed by atoms with van der Waals surface area (Å²) in [5.41, 5.74) is 10.1. The molecular formula is C20H29N. The second-order valence-electron chi connectivity index (χ2n) is 8.26. The van der Waals surface area contributed by atoms with Gasteiger partial charge in [0.15, 0.2) is 0 Å². The van der Waals surface area contributed by atoms with Gasteiger partial charge in [0.25, 0.3) is 0 Å². The largest absolute Gasteiger partial charge is 0.327 e. The number of rotatable bonds is 4. The third kappa shape index (κ3) is 2.44. The van der Waals surface area contributed by atoms with E-state index in [1.54, 1.807) is 0 Å². The highest BCUT2D eigenvalue weighted by Gasteiger charge is 2.53. The van der Waals surface area contributed by atoms with Gasteiger partial charge in [0.1, 0.15) is 0 Å². The average Bonchev–Trinajstić information content (AvgIpc) is 2.46. The summed E-state index contributed by atoms with van der Waals surface area (Å²) in [6.45, 7) is 2.22. The minimum Gasteiger partial charge on any atom is -0.327 e. The molecule has 1 aromatic carbocycles. The maximum atomic E-state index is 6.78. The van der Waals surface area contributed by atoms with Gasteiger partial charge in [-0.15, -0.1) is 0 Å². The summed E-state index contributed by atoms with van der Waals surface area (Å²) in [5.74, 6) is 3.01. The second kappa shape index (κ2) is 5.12. The fourth-order valence-electron chi connectivity index (χ4n) is 6.01. The number of aryl methyl sites for hydroxylation is 1. The molecule has 1 unspecified atom stereocenters. The first-order valence-electron chi connectivity index (χ1n) is 9.00. The Balaban J connectivity index is 1.50. The molecule has 0 saturated heterocycles. The molecular weight excluding hydrogens is 254 g/mol. The molecule has 5 rings (SSSR count). The molecule has 0 amide bonds. The van der Waals surface area contributed by atoms with Gasteiger partial charge >= 0.3 is 0 Å². The van der Waals surface area contributed by atoms with Crippen molar-refractivity contribution in [3.05, 3.63) is 35.4 Å². The highest BCUT2D eigenvalue weighted by atomic mass is 14.7. The zero-order chi connectivity index (χ0) is 14.4. The molecule has 0 heterocycles. The Morgan fingerprint density at radius 2 is 1.43 bits per heavy atom. The van der Waals surface area contributed by atoms with Crippen molar-refractivity contribution in [3.8, 4) is 0 Å². The maximum absolute atomic E-state index is 6.78. The number of nitrogens with two attached hydrogens (primary N) is 1. The molecule has 0 spiro atoms. The van der Waals surface area contributed by atoms with Gasteiger partial charge in [-0.05, 0) is 85.7 Å². The molecule has 4 fully saturated rings. The van der Waals surface area contributed by atoms with E-state index in [4.69, 9.17) is 5.73 Å². The summed E-state index contributed by atoms with van der Waals surface area (Å²) in [5, 5.41) is 0. The zero-order valence-electron chi connectivity index (χ0n) is 13.4. The Kier molecular flexibility index (Phi) is 3.37. The summed E-state index contributed by atoms with van der Waals surface area (Å²) >= 11 is 0. The molecule has 4 saturated carbocycles. The van der Waals surface area contributed by atoms with Gasteiger partial charge in [-0.2, -0.15) is 0 Å². The predicted octanol–water partition coefficient (Wildman–Crippen LogP) is 4.34. The molecule has 4 aliphatic carbocycles. The molecule has 1 heteroatoms. The van der Waals surface area contributed by atoms with Crippen LogP contribution in [0, 0.1) is 23.2 Å². The average molecular weight is 283 g/mol. The van der Waals surface area contributed by atoms with Crippen LogP contribution < -0.4 is 5.73 Å². The van der Waals surface area contributed by atoms with Crippen LogP contribution in [0.25, 0.3) is 0 Å². The Labute approximate surface area is 129 Å². The van der Waals surface area contributed by atoms with E-state index < -0.39 is 0 Å². The van der Waals surface area contributed by atoms with Crippen LogP contribution in [0.2, 0.25) is 0 Å². The topological polar surface area (TPSA) is 26.0 Å². The van der Waals surface area contributed by atoms with Gasteiger partial charge in [0.2, 0.25) is 0 Å². The van der Waals surface area contributed by atoms with E-state index in [1.165, 1.54) is 49.7 Å². The van der Waals surface area contributed by atoms with Crippen molar-refractivity contribution in [1.29, 1.82) is 0 Å². The monoisotopic (exact) mass is 283 g/mol. The number of hydrogen-bond acceptors (Lipinski definition) is 1. The first kappa shape index (κ1) is 13.8. The van der Waals surface area contributed by atoms with Crippen molar-refractivity contribution in [3.63, 3.8) is 0 Å². The van der Waals surface area contributed by atoms with Crippen LogP contribution in [0.5, 0.6) is 0 Å². The van der Waals surface area contributed by atoms with Gasteiger partial charge in [-0.25, -0.2) is 0 Å². The Morgan fingerprint density at radius 3 is 1.90 bits per heavy atom. The summed E-state index contributed by atoms with van der Waals surface area (Å²) in [7, 11) is 0. The Morgan fingerprint density at radius 1 is 0.952 bits per heavy atom. The lowest BCUT2D eigenvalue weighted by Gasteiger charge is -2.59. The van der Waals surface area contributed by atoms with Crippen molar-refractivity contribution in [1.82, 2.24) is 0 Å². The summed E-state index contributed by atoms with van der Waals surface area (Å²) in [4.78, 5) is 0. The van der Waals surface area contributed by atoms with Gasteiger partial charge in [-0.1, -0.05) is 31.2 Å². The summed E-state index contributed by atoms with van der Waals surface area (Å²) in [6, 6.07) is 9.54. The Bertz CT molecular complexity index is 466. The normalized spacial score (nSPS) is 38.7.